The van der Waals surface area contributed by atoms with E-state index < -0.39 is 0 Å². The molecule has 1 unspecified atom stereocenters. The van der Waals surface area contributed by atoms with Crippen molar-refractivity contribution in [1.82, 2.24) is 0 Å². The van der Waals surface area contributed by atoms with Crippen molar-refractivity contribution in [3.63, 3.8) is 0 Å². The Bertz CT molecular complexity index is 266. The van der Waals surface area contributed by atoms with Gasteiger partial charge < -0.3 is 4.74 Å². The second kappa shape index (κ2) is 7.24. The third kappa shape index (κ3) is 5.38. The van der Waals surface area contributed by atoms with Crippen LogP contribution in [0.5, 0.6) is 0 Å². The number of rotatable bonds is 7. The lowest BCUT2D eigenvalue weighted by atomic mass is 10.1. The Morgan fingerprint density at radius 1 is 1.33 bits per heavy atom. The van der Waals surface area contributed by atoms with E-state index in [1.807, 2.05) is 12.1 Å². The van der Waals surface area contributed by atoms with Crippen LogP contribution >= 0.6 is 0 Å². The fourth-order valence-electron chi connectivity index (χ4n) is 1.45. The maximum atomic E-state index is 5.63. The largest absolute Gasteiger partial charge is 0.378 e. The van der Waals surface area contributed by atoms with Crippen LogP contribution in [-0.2, 0) is 11.2 Å². The maximum Gasteiger partial charge on any atom is 0.0550 e. The van der Waals surface area contributed by atoms with Crippen molar-refractivity contribution in [2.75, 3.05) is 6.61 Å². The Morgan fingerprint density at radius 2 is 2.07 bits per heavy atom. The average Bonchev–Trinajstić information content (AvgIpc) is 2.28. The van der Waals surface area contributed by atoms with Crippen molar-refractivity contribution in [2.24, 2.45) is 0 Å². The number of aryl methyl sites for hydroxylation is 1. The molecule has 1 aromatic carbocycles. The minimum absolute atomic E-state index is 0.338. The highest BCUT2D eigenvalue weighted by atomic mass is 16.5. The fraction of sp³-hybridized carbons (Fsp3) is 0.429. The van der Waals surface area contributed by atoms with Crippen molar-refractivity contribution < 1.29 is 4.74 Å². The Morgan fingerprint density at radius 3 is 2.73 bits per heavy atom. The van der Waals surface area contributed by atoms with Gasteiger partial charge >= 0.3 is 0 Å². The summed E-state index contributed by atoms with van der Waals surface area (Å²) in [7, 11) is 0. The van der Waals surface area contributed by atoms with Gasteiger partial charge in [-0.25, -0.2) is 0 Å². The Kier molecular flexibility index (Phi) is 5.79. The first-order valence-electron chi connectivity index (χ1n) is 5.59. The molecule has 0 aliphatic rings. The highest BCUT2D eigenvalue weighted by Gasteiger charge is 2.01. The van der Waals surface area contributed by atoms with Crippen LogP contribution in [0.1, 0.15) is 25.3 Å². The van der Waals surface area contributed by atoms with E-state index in [2.05, 4.69) is 37.8 Å². The van der Waals surface area contributed by atoms with Crippen LogP contribution in [0.2, 0.25) is 0 Å². The average molecular weight is 204 g/mol. The SMILES string of the molecule is C=CCCOC(C)CCc1ccccc1. The molecule has 0 saturated carbocycles. The van der Waals surface area contributed by atoms with E-state index in [1.54, 1.807) is 0 Å². The van der Waals surface area contributed by atoms with E-state index in [1.165, 1.54) is 5.56 Å². The number of hydrogen-bond donors (Lipinski definition) is 0. The molecule has 0 fully saturated rings. The molecule has 0 spiro atoms. The molecule has 0 saturated heterocycles. The van der Waals surface area contributed by atoms with E-state index in [-0.39, 0.29) is 0 Å². The first kappa shape index (κ1) is 12.0. The van der Waals surface area contributed by atoms with Gasteiger partial charge in [0.2, 0.25) is 0 Å². The van der Waals surface area contributed by atoms with Gasteiger partial charge in [-0.15, -0.1) is 6.58 Å². The lowest BCUT2D eigenvalue weighted by Gasteiger charge is -2.12. The van der Waals surface area contributed by atoms with E-state index >= 15 is 0 Å². The van der Waals surface area contributed by atoms with Crippen molar-refractivity contribution in [2.45, 2.75) is 32.3 Å². The molecule has 1 rings (SSSR count). The molecular weight excluding hydrogens is 184 g/mol. The molecule has 0 aromatic heterocycles. The predicted octanol–water partition coefficient (Wildman–Crippen LogP) is 3.60. The molecule has 0 radical (unpaired) electrons. The van der Waals surface area contributed by atoms with Gasteiger partial charge in [0, 0.05) is 0 Å². The molecule has 15 heavy (non-hydrogen) atoms. The zero-order chi connectivity index (χ0) is 10.9. The molecule has 1 heteroatoms. The topological polar surface area (TPSA) is 9.23 Å². The summed E-state index contributed by atoms with van der Waals surface area (Å²) in [5.74, 6) is 0. The third-order valence-electron chi connectivity index (χ3n) is 2.41. The van der Waals surface area contributed by atoms with Gasteiger partial charge in [0.05, 0.1) is 12.7 Å². The molecular formula is C14H20O. The van der Waals surface area contributed by atoms with Crippen LogP contribution in [-0.4, -0.2) is 12.7 Å². The molecule has 82 valence electrons. The quantitative estimate of drug-likeness (QED) is 0.487. The van der Waals surface area contributed by atoms with E-state index in [4.69, 9.17) is 4.74 Å². The smallest absolute Gasteiger partial charge is 0.0550 e. The first-order chi connectivity index (χ1) is 7.33. The third-order valence-corrected chi connectivity index (χ3v) is 2.41. The molecule has 1 aromatic rings. The molecule has 0 heterocycles. The Balaban J connectivity index is 2.16. The van der Waals surface area contributed by atoms with Gasteiger partial charge in [0.25, 0.3) is 0 Å². The predicted molar refractivity (Wildman–Crippen MR) is 65.0 cm³/mol. The molecule has 0 aliphatic heterocycles. The summed E-state index contributed by atoms with van der Waals surface area (Å²) in [5.41, 5.74) is 1.39. The van der Waals surface area contributed by atoms with Crippen LogP contribution in [0.15, 0.2) is 43.0 Å². The number of ether oxygens (including phenoxy) is 1. The zero-order valence-corrected chi connectivity index (χ0v) is 9.49. The summed E-state index contributed by atoms with van der Waals surface area (Å²) in [6.07, 6.45) is 5.35. The van der Waals surface area contributed by atoms with E-state index in [9.17, 15) is 0 Å². The highest BCUT2D eigenvalue weighted by Crippen LogP contribution is 2.07. The molecule has 0 aliphatic carbocycles. The number of hydrogen-bond acceptors (Lipinski definition) is 1. The fourth-order valence-corrected chi connectivity index (χ4v) is 1.45. The number of benzene rings is 1. The maximum absolute atomic E-state index is 5.63. The Labute approximate surface area is 92.8 Å². The molecule has 0 bridgehead atoms. The van der Waals surface area contributed by atoms with E-state index in [0.717, 1.165) is 25.9 Å². The highest BCUT2D eigenvalue weighted by molar-refractivity contribution is 5.14. The minimum Gasteiger partial charge on any atom is -0.378 e. The summed E-state index contributed by atoms with van der Waals surface area (Å²) >= 11 is 0. The van der Waals surface area contributed by atoms with Gasteiger partial charge in [-0.2, -0.15) is 0 Å². The monoisotopic (exact) mass is 204 g/mol. The summed E-state index contributed by atoms with van der Waals surface area (Å²) in [6, 6.07) is 10.5. The van der Waals surface area contributed by atoms with Crippen molar-refractivity contribution >= 4 is 0 Å². The second-order valence-corrected chi connectivity index (χ2v) is 3.78. The lowest BCUT2D eigenvalue weighted by molar-refractivity contribution is 0.0639. The van der Waals surface area contributed by atoms with Crippen molar-refractivity contribution in [3.05, 3.63) is 48.6 Å². The summed E-state index contributed by atoms with van der Waals surface area (Å²) in [4.78, 5) is 0. The normalized spacial score (nSPS) is 12.3. The van der Waals surface area contributed by atoms with Crippen molar-refractivity contribution in [1.29, 1.82) is 0 Å². The molecule has 0 amide bonds. The van der Waals surface area contributed by atoms with Gasteiger partial charge in [0.1, 0.15) is 0 Å². The van der Waals surface area contributed by atoms with Crippen LogP contribution in [0.4, 0.5) is 0 Å². The molecule has 1 atom stereocenters. The molecule has 1 nitrogen and oxygen atoms in total. The van der Waals surface area contributed by atoms with Gasteiger partial charge in [0.15, 0.2) is 0 Å². The van der Waals surface area contributed by atoms with Crippen LogP contribution in [0.25, 0.3) is 0 Å². The zero-order valence-electron chi connectivity index (χ0n) is 9.49. The summed E-state index contributed by atoms with van der Waals surface area (Å²) < 4.78 is 5.63. The van der Waals surface area contributed by atoms with Crippen LogP contribution in [0, 0.1) is 0 Å². The van der Waals surface area contributed by atoms with Gasteiger partial charge in [-0.05, 0) is 31.7 Å². The van der Waals surface area contributed by atoms with Gasteiger partial charge in [-0.1, -0.05) is 36.4 Å². The van der Waals surface area contributed by atoms with Gasteiger partial charge in [-0.3, -0.25) is 0 Å². The second-order valence-electron chi connectivity index (χ2n) is 3.78. The van der Waals surface area contributed by atoms with E-state index in [0.29, 0.717) is 6.10 Å². The summed E-state index contributed by atoms with van der Waals surface area (Å²) in [5, 5.41) is 0. The lowest BCUT2D eigenvalue weighted by Crippen LogP contribution is -2.10. The standard InChI is InChI=1S/C14H20O/c1-3-4-12-15-13(2)10-11-14-8-6-5-7-9-14/h3,5-9,13H,1,4,10-12H2,2H3. The van der Waals surface area contributed by atoms with Crippen LogP contribution < -0.4 is 0 Å². The summed E-state index contributed by atoms with van der Waals surface area (Å²) in [6.45, 7) is 6.59. The Hall–Kier alpha value is -1.08. The van der Waals surface area contributed by atoms with Crippen LogP contribution in [0.3, 0.4) is 0 Å². The van der Waals surface area contributed by atoms with Crippen molar-refractivity contribution in [3.8, 4) is 0 Å². The minimum atomic E-state index is 0.338. The molecule has 0 N–H and O–H groups in total. The first-order valence-corrected chi connectivity index (χ1v) is 5.59.